The van der Waals surface area contributed by atoms with Gasteiger partial charge in [-0.2, -0.15) is 0 Å². The van der Waals surface area contributed by atoms with E-state index in [1.54, 1.807) is 4.90 Å². The summed E-state index contributed by atoms with van der Waals surface area (Å²) < 4.78 is 5.85. The fourth-order valence-corrected chi connectivity index (χ4v) is 2.89. The van der Waals surface area contributed by atoms with Crippen molar-refractivity contribution in [3.63, 3.8) is 0 Å². The van der Waals surface area contributed by atoms with E-state index in [2.05, 4.69) is 15.0 Å². The van der Waals surface area contributed by atoms with Crippen LogP contribution in [-0.2, 0) is 19.4 Å². The molecule has 0 bridgehead atoms. The van der Waals surface area contributed by atoms with E-state index in [4.69, 9.17) is 4.42 Å². The van der Waals surface area contributed by atoms with Gasteiger partial charge in [0.25, 0.3) is 11.5 Å². The molecule has 0 aliphatic carbocycles. The maximum Gasteiger partial charge on any atom is 0.274 e. The van der Waals surface area contributed by atoms with Gasteiger partial charge in [-0.3, -0.25) is 9.59 Å². The summed E-state index contributed by atoms with van der Waals surface area (Å²) in [7, 11) is 0. The molecule has 3 heterocycles. The zero-order valence-corrected chi connectivity index (χ0v) is 13.4. The van der Waals surface area contributed by atoms with E-state index in [9.17, 15) is 9.59 Å². The van der Waals surface area contributed by atoms with Gasteiger partial charge in [-0.05, 0) is 5.56 Å². The predicted octanol–water partition coefficient (Wildman–Crippen LogP) is 1.55. The van der Waals surface area contributed by atoms with Gasteiger partial charge in [-0.25, -0.2) is 9.97 Å². The first-order valence-electron chi connectivity index (χ1n) is 8.04. The Kier molecular flexibility index (Phi) is 3.89. The van der Waals surface area contributed by atoms with E-state index in [1.165, 1.54) is 6.20 Å². The Hall–Kier alpha value is -3.22. The van der Waals surface area contributed by atoms with E-state index in [-0.39, 0.29) is 17.2 Å². The molecule has 0 unspecified atom stereocenters. The molecule has 2 aromatic heterocycles. The van der Waals surface area contributed by atoms with E-state index < -0.39 is 0 Å². The second-order valence-corrected chi connectivity index (χ2v) is 5.91. The Morgan fingerprint density at radius 1 is 1.28 bits per heavy atom. The van der Waals surface area contributed by atoms with E-state index in [0.29, 0.717) is 31.8 Å². The molecule has 1 N–H and O–H groups in total. The highest BCUT2D eigenvalue weighted by Crippen LogP contribution is 2.22. The number of amides is 1. The summed E-state index contributed by atoms with van der Waals surface area (Å²) in [4.78, 5) is 36.1. The molecule has 4 rings (SSSR count). The van der Waals surface area contributed by atoms with Crippen LogP contribution in [0, 0.1) is 0 Å². The topological polar surface area (TPSA) is 92.1 Å². The summed E-state index contributed by atoms with van der Waals surface area (Å²) in [5, 5.41) is 0. The van der Waals surface area contributed by atoms with Crippen LogP contribution in [0.15, 0.2) is 51.9 Å². The zero-order valence-electron chi connectivity index (χ0n) is 13.4. The summed E-state index contributed by atoms with van der Waals surface area (Å²) in [6.07, 6.45) is 3.69. The van der Waals surface area contributed by atoms with Crippen LogP contribution in [0.5, 0.6) is 0 Å². The zero-order chi connectivity index (χ0) is 17.2. The molecule has 1 amide bonds. The molecule has 7 heteroatoms. The van der Waals surface area contributed by atoms with Crippen molar-refractivity contribution in [3.05, 3.63) is 81.7 Å². The largest absolute Gasteiger partial charge is 0.445 e. The number of hydrogen-bond acceptors (Lipinski definition) is 5. The van der Waals surface area contributed by atoms with Crippen LogP contribution in [-0.4, -0.2) is 32.3 Å². The van der Waals surface area contributed by atoms with Crippen molar-refractivity contribution in [2.75, 3.05) is 6.54 Å². The van der Waals surface area contributed by atoms with Gasteiger partial charge in [0.05, 0.1) is 12.7 Å². The number of carbonyl (C=O) groups excluding carboxylic acids is 1. The number of fused-ring (bicyclic) bond motifs is 1. The molecule has 0 radical (unpaired) electrons. The number of nitrogens with zero attached hydrogens (tertiary/aromatic N) is 3. The minimum absolute atomic E-state index is 0.219. The Morgan fingerprint density at radius 2 is 2.12 bits per heavy atom. The summed E-state index contributed by atoms with van der Waals surface area (Å²) in [6.45, 7) is 0.917. The van der Waals surface area contributed by atoms with Gasteiger partial charge in [0, 0.05) is 25.6 Å². The molecule has 0 saturated carbocycles. The Bertz CT molecular complexity index is 941. The monoisotopic (exact) mass is 336 g/mol. The van der Waals surface area contributed by atoms with Crippen molar-refractivity contribution in [2.45, 2.75) is 19.4 Å². The molecular formula is C18H16N4O3. The summed E-state index contributed by atoms with van der Waals surface area (Å²) in [6, 6.07) is 9.99. The van der Waals surface area contributed by atoms with Crippen LogP contribution in [0.1, 0.15) is 33.4 Å². The number of nitrogens with one attached hydrogen (secondary N) is 1. The molecule has 25 heavy (non-hydrogen) atoms. The molecule has 0 atom stereocenters. The minimum Gasteiger partial charge on any atom is -0.445 e. The molecule has 3 aromatic rings. The van der Waals surface area contributed by atoms with Gasteiger partial charge in [-0.15, -0.1) is 0 Å². The number of hydrogen-bond donors (Lipinski definition) is 1. The molecule has 0 spiro atoms. The lowest BCUT2D eigenvalue weighted by Crippen LogP contribution is -2.36. The Labute approximate surface area is 143 Å². The van der Waals surface area contributed by atoms with Crippen LogP contribution < -0.4 is 5.56 Å². The van der Waals surface area contributed by atoms with Crippen molar-refractivity contribution < 1.29 is 9.21 Å². The summed E-state index contributed by atoms with van der Waals surface area (Å²) >= 11 is 0. The third kappa shape index (κ3) is 3.21. The van der Waals surface area contributed by atoms with E-state index in [1.807, 2.05) is 30.3 Å². The minimum atomic E-state index is -0.334. The lowest BCUT2D eigenvalue weighted by Gasteiger charge is -2.24. The van der Waals surface area contributed by atoms with Gasteiger partial charge in [0.2, 0.25) is 0 Å². The summed E-state index contributed by atoms with van der Waals surface area (Å²) in [5.74, 6) is 1.27. The fourth-order valence-electron chi connectivity index (χ4n) is 2.89. The third-order valence-corrected chi connectivity index (χ3v) is 4.15. The number of H-pyrrole nitrogens is 1. The normalized spacial score (nSPS) is 13.5. The van der Waals surface area contributed by atoms with Crippen molar-refractivity contribution in [1.82, 2.24) is 19.9 Å². The molecule has 0 saturated heterocycles. The summed E-state index contributed by atoms with van der Waals surface area (Å²) in [5.41, 5.74) is 1.80. The molecular weight excluding hydrogens is 320 g/mol. The van der Waals surface area contributed by atoms with Gasteiger partial charge in [-0.1, -0.05) is 30.3 Å². The third-order valence-electron chi connectivity index (χ3n) is 4.15. The second-order valence-electron chi connectivity index (χ2n) is 5.91. The average molecular weight is 336 g/mol. The Morgan fingerprint density at radius 3 is 2.88 bits per heavy atom. The van der Waals surface area contributed by atoms with Crippen molar-refractivity contribution in [3.8, 4) is 0 Å². The molecule has 0 fully saturated rings. The second kappa shape index (κ2) is 6.35. The number of aromatic nitrogens is 3. The van der Waals surface area contributed by atoms with Gasteiger partial charge in [0.1, 0.15) is 17.1 Å². The highest BCUT2D eigenvalue weighted by molar-refractivity contribution is 5.92. The molecule has 1 aromatic carbocycles. The van der Waals surface area contributed by atoms with Crippen molar-refractivity contribution in [2.24, 2.45) is 0 Å². The molecule has 1 aliphatic heterocycles. The first-order chi connectivity index (χ1) is 12.2. The van der Waals surface area contributed by atoms with Crippen LogP contribution in [0.2, 0.25) is 0 Å². The van der Waals surface area contributed by atoms with Crippen LogP contribution >= 0.6 is 0 Å². The number of carbonyl (C=O) groups is 1. The highest BCUT2D eigenvalue weighted by Gasteiger charge is 2.26. The van der Waals surface area contributed by atoms with Crippen molar-refractivity contribution in [1.29, 1.82) is 0 Å². The first kappa shape index (κ1) is 15.3. The maximum atomic E-state index is 12.5. The highest BCUT2D eigenvalue weighted by atomic mass is 16.4. The molecule has 7 nitrogen and oxygen atoms in total. The van der Waals surface area contributed by atoms with Crippen LogP contribution in [0.4, 0.5) is 0 Å². The maximum absolute atomic E-state index is 12.5. The average Bonchev–Trinajstić information content (AvgIpc) is 3.04. The number of oxazole rings is 1. The standard InChI is InChI=1S/C18H16N4O3/c23-16-10-19-13(9-20-16)18(24)22-7-6-15-14(11-22)21-17(25-15)8-12-4-2-1-3-5-12/h1-5,9-10H,6-8,11H2,(H,20,23). The van der Waals surface area contributed by atoms with Gasteiger partial charge in [0.15, 0.2) is 5.89 Å². The van der Waals surface area contributed by atoms with Crippen molar-refractivity contribution >= 4 is 5.91 Å². The molecule has 1 aliphatic rings. The van der Waals surface area contributed by atoms with Gasteiger partial charge < -0.3 is 14.3 Å². The lowest BCUT2D eigenvalue weighted by molar-refractivity contribution is 0.0721. The number of benzene rings is 1. The van der Waals surface area contributed by atoms with Crippen LogP contribution in [0.25, 0.3) is 0 Å². The quantitative estimate of drug-likeness (QED) is 0.783. The number of aromatic amines is 1. The van der Waals surface area contributed by atoms with E-state index in [0.717, 1.165) is 23.2 Å². The van der Waals surface area contributed by atoms with Crippen LogP contribution in [0.3, 0.4) is 0 Å². The smallest absolute Gasteiger partial charge is 0.274 e. The Balaban J connectivity index is 1.50. The lowest BCUT2D eigenvalue weighted by atomic mass is 10.1. The van der Waals surface area contributed by atoms with Gasteiger partial charge >= 0.3 is 0 Å². The fraction of sp³-hybridized carbons (Fsp3) is 0.222. The number of rotatable bonds is 3. The SMILES string of the molecule is O=C(c1c[nH]c(=O)cn1)N1CCc2oc(Cc3ccccc3)nc2C1. The first-order valence-corrected chi connectivity index (χ1v) is 8.04. The van der Waals surface area contributed by atoms with E-state index >= 15 is 0 Å². The molecule has 126 valence electrons. The predicted molar refractivity (Wildman–Crippen MR) is 89.1 cm³/mol.